The Bertz CT molecular complexity index is 647. The predicted molar refractivity (Wildman–Crippen MR) is 99.0 cm³/mol. The Morgan fingerprint density at radius 3 is 1.84 bits per heavy atom. The molecule has 0 aliphatic heterocycles. The maximum absolute atomic E-state index is 12.8. The molecule has 0 spiro atoms. The fourth-order valence-corrected chi connectivity index (χ4v) is 2.67. The summed E-state index contributed by atoms with van der Waals surface area (Å²) in [6, 6.07) is 18.2. The molecule has 0 saturated carbocycles. The highest BCUT2D eigenvalue weighted by Gasteiger charge is 2.23. The van der Waals surface area contributed by atoms with Crippen LogP contribution < -0.4 is 10.2 Å². The highest BCUT2D eigenvalue weighted by atomic mass is 16.4. The van der Waals surface area contributed by atoms with Gasteiger partial charge in [0.2, 0.25) is 0 Å². The van der Waals surface area contributed by atoms with Crippen molar-refractivity contribution in [3.05, 3.63) is 60.7 Å². The van der Waals surface area contributed by atoms with Gasteiger partial charge in [-0.1, -0.05) is 50.2 Å². The van der Waals surface area contributed by atoms with Gasteiger partial charge in [-0.15, -0.1) is 0 Å². The molecule has 0 aliphatic rings. The molecule has 1 unspecified atom stereocenters. The average molecular weight is 340 g/mol. The largest absolute Gasteiger partial charge is 0.481 e. The van der Waals surface area contributed by atoms with Crippen molar-refractivity contribution in [2.75, 3.05) is 11.4 Å². The first-order chi connectivity index (χ1) is 12.0. The SMILES string of the molecule is CC(C)CC(CNC(=O)N(c1ccccc1)c1ccccc1)C(=O)O. The van der Waals surface area contributed by atoms with Gasteiger partial charge in [0.15, 0.2) is 0 Å². The third kappa shape index (κ3) is 5.35. The van der Waals surface area contributed by atoms with Crippen LogP contribution in [0.1, 0.15) is 20.3 Å². The van der Waals surface area contributed by atoms with Crippen molar-refractivity contribution in [3.8, 4) is 0 Å². The van der Waals surface area contributed by atoms with E-state index in [1.807, 2.05) is 74.5 Å². The molecule has 132 valence electrons. The van der Waals surface area contributed by atoms with Gasteiger partial charge in [-0.25, -0.2) is 4.79 Å². The summed E-state index contributed by atoms with van der Waals surface area (Å²) in [5.74, 6) is -1.24. The highest BCUT2D eigenvalue weighted by Crippen LogP contribution is 2.25. The number of carboxylic acids is 1. The number of urea groups is 1. The summed E-state index contributed by atoms with van der Waals surface area (Å²) in [4.78, 5) is 25.7. The lowest BCUT2D eigenvalue weighted by molar-refractivity contribution is -0.142. The predicted octanol–water partition coefficient (Wildman–Crippen LogP) is 4.28. The number of nitrogens with zero attached hydrogens (tertiary/aromatic N) is 1. The van der Waals surface area contributed by atoms with E-state index in [2.05, 4.69) is 5.32 Å². The minimum absolute atomic E-state index is 0.0997. The maximum Gasteiger partial charge on any atom is 0.326 e. The number of carbonyl (C=O) groups is 2. The molecule has 5 nitrogen and oxygen atoms in total. The number of carboxylic acid groups (broad SMARTS) is 1. The Labute approximate surface area is 148 Å². The number of amides is 2. The number of hydrogen-bond donors (Lipinski definition) is 2. The van der Waals surface area contributed by atoms with E-state index in [1.165, 1.54) is 0 Å². The molecule has 0 bridgehead atoms. The van der Waals surface area contributed by atoms with Crippen LogP contribution in [-0.4, -0.2) is 23.7 Å². The molecule has 2 N–H and O–H groups in total. The smallest absolute Gasteiger partial charge is 0.326 e. The third-order valence-electron chi connectivity index (χ3n) is 3.84. The molecule has 5 heteroatoms. The molecule has 0 aliphatic carbocycles. The van der Waals surface area contributed by atoms with Gasteiger partial charge >= 0.3 is 12.0 Å². The average Bonchev–Trinajstić information content (AvgIpc) is 2.60. The Balaban J connectivity index is 2.17. The Kier molecular flexibility index (Phi) is 6.57. The van der Waals surface area contributed by atoms with Crippen LogP contribution in [0, 0.1) is 11.8 Å². The first-order valence-corrected chi connectivity index (χ1v) is 8.40. The van der Waals surface area contributed by atoms with Gasteiger partial charge in [0, 0.05) is 6.54 Å². The summed E-state index contributed by atoms with van der Waals surface area (Å²) < 4.78 is 0. The normalized spacial score (nSPS) is 11.8. The van der Waals surface area contributed by atoms with Crippen molar-refractivity contribution >= 4 is 23.4 Å². The van der Waals surface area contributed by atoms with Crippen LogP contribution in [0.4, 0.5) is 16.2 Å². The second-order valence-electron chi connectivity index (χ2n) is 6.36. The van der Waals surface area contributed by atoms with Crippen molar-refractivity contribution in [1.82, 2.24) is 5.32 Å². The zero-order valence-corrected chi connectivity index (χ0v) is 14.6. The maximum atomic E-state index is 12.8. The summed E-state index contributed by atoms with van der Waals surface area (Å²) >= 11 is 0. The number of aliphatic carboxylic acids is 1. The Hall–Kier alpha value is -2.82. The second-order valence-corrected chi connectivity index (χ2v) is 6.36. The van der Waals surface area contributed by atoms with E-state index >= 15 is 0 Å². The zero-order valence-electron chi connectivity index (χ0n) is 14.6. The molecule has 2 amide bonds. The van der Waals surface area contributed by atoms with Crippen molar-refractivity contribution < 1.29 is 14.7 Å². The van der Waals surface area contributed by atoms with Gasteiger partial charge in [0.05, 0.1) is 17.3 Å². The Morgan fingerprint density at radius 2 is 1.44 bits per heavy atom. The van der Waals surface area contributed by atoms with Crippen molar-refractivity contribution in [2.45, 2.75) is 20.3 Å². The van der Waals surface area contributed by atoms with E-state index in [4.69, 9.17) is 0 Å². The van der Waals surface area contributed by atoms with Gasteiger partial charge < -0.3 is 10.4 Å². The fraction of sp³-hybridized carbons (Fsp3) is 0.300. The van der Waals surface area contributed by atoms with Crippen LogP contribution in [0.2, 0.25) is 0 Å². The fourth-order valence-electron chi connectivity index (χ4n) is 2.67. The van der Waals surface area contributed by atoms with Crippen LogP contribution in [-0.2, 0) is 4.79 Å². The highest BCUT2D eigenvalue weighted by molar-refractivity contribution is 5.99. The number of nitrogens with one attached hydrogen (secondary N) is 1. The van der Waals surface area contributed by atoms with Gasteiger partial charge in [0.1, 0.15) is 0 Å². The molecule has 0 saturated heterocycles. The van der Waals surface area contributed by atoms with E-state index < -0.39 is 11.9 Å². The molecule has 0 aromatic heterocycles. The summed E-state index contributed by atoms with van der Waals surface area (Å²) in [6.07, 6.45) is 0.520. The monoisotopic (exact) mass is 340 g/mol. The van der Waals surface area contributed by atoms with Crippen molar-refractivity contribution in [3.63, 3.8) is 0 Å². The van der Waals surface area contributed by atoms with Crippen molar-refractivity contribution in [2.24, 2.45) is 11.8 Å². The number of benzene rings is 2. The second kappa shape index (κ2) is 8.87. The first kappa shape index (κ1) is 18.5. The summed E-state index contributed by atoms with van der Waals surface area (Å²) in [7, 11) is 0. The van der Waals surface area contributed by atoms with Crippen LogP contribution in [0.25, 0.3) is 0 Å². The zero-order chi connectivity index (χ0) is 18.2. The first-order valence-electron chi connectivity index (χ1n) is 8.40. The van der Waals surface area contributed by atoms with E-state index in [9.17, 15) is 14.7 Å². The molecule has 0 radical (unpaired) electrons. The quantitative estimate of drug-likeness (QED) is 0.790. The Morgan fingerprint density at radius 1 is 0.960 bits per heavy atom. The molecule has 0 fully saturated rings. The van der Waals surface area contributed by atoms with Crippen molar-refractivity contribution in [1.29, 1.82) is 0 Å². The molecule has 1 atom stereocenters. The van der Waals surface area contributed by atoms with Crippen LogP contribution in [0.3, 0.4) is 0 Å². The lowest BCUT2D eigenvalue weighted by Crippen LogP contribution is -2.41. The number of para-hydroxylation sites is 2. The topological polar surface area (TPSA) is 69.6 Å². The molecule has 2 aromatic carbocycles. The standard InChI is InChI=1S/C20H24N2O3/c1-15(2)13-16(19(23)24)14-21-20(25)22(17-9-5-3-6-10-17)18-11-7-4-8-12-18/h3-12,15-16H,13-14H2,1-2H3,(H,21,25)(H,23,24). The van der Waals surface area contributed by atoms with Gasteiger partial charge in [-0.3, -0.25) is 9.69 Å². The lowest BCUT2D eigenvalue weighted by Gasteiger charge is -2.24. The van der Waals surface area contributed by atoms with Gasteiger partial charge in [-0.2, -0.15) is 0 Å². The number of rotatable bonds is 7. The van der Waals surface area contributed by atoms with Crippen LogP contribution in [0.5, 0.6) is 0 Å². The number of carbonyl (C=O) groups excluding carboxylic acids is 1. The number of anilines is 2. The van der Waals surface area contributed by atoms with Crippen LogP contribution >= 0.6 is 0 Å². The third-order valence-corrected chi connectivity index (χ3v) is 3.84. The molecular weight excluding hydrogens is 316 g/mol. The van der Waals surface area contributed by atoms with E-state index in [0.717, 1.165) is 11.4 Å². The summed E-state index contributed by atoms with van der Waals surface area (Å²) in [6.45, 7) is 4.04. The van der Waals surface area contributed by atoms with Crippen LogP contribution in [0.15, 0.2) is 60.7 Å². The minimum atomic E-state index is -0.889. The van der Waals surface area contributed by atoms with E-state index in [1.54, 1.807) is 4.90 Å². The molecular formula is C20H24N2O3. The summed E-state index contributed by atoms with van der Waals surface area (Å²) in [5, 5.41) is 12.1. The number of hydrogen-bond acceptors (Lipinski definition) is 2. The minimum Gasteiger partial charge on any atom is -0.481 e. The van der Waals surface area contributed by atoms with Gasteiger partial charge in [0.25, 0.3) is 0 Å². The van der Waals surface area contributed by atoms with Gasteiger partial charge in [-0.05, 0) is 36.6 Å². The lowest BCUT2D eigenvalue weighted by atomic mass is 9.97. The van der Waals surface area contributed by atoms with E-state index in [-0.39, 0.29) is 18.5 Å². The summed E-state index contributed by atoms with van der Waals surface area (Å²) in [5.41, 5.74) is 1.45. The molecule has 2 rings (SSSR count). The molecule has 0 heterocycles. The van der Waals surface area contributed by atoms with E-state index in [0.29, 0.717) is 6.42 Å². The molecule has 25 heavy (non-hydrogen) atoms. The molecule has 2 aromatic rings.